The molecule has 0 aliphatic rings. The van der Waals surface area contributed by atoms with E-state index in [9.17, 15) is 8.42 Å². The van der Waals surface area contributed by atoms with Crippen LogP contribution in [0, 0.1) is 0 Å². The fourth-order valence-corrected chi connectivity index (χ4v) is 3.49. The van der Waals surface area contributed by atoms with Crippen LogP contribution in [-0.4, -0.2) is 8.42 Å². The van der Waals surface area contributed by atoms with Crippen LogP contribution in [0.5, 0.6) is 0 Å². The van der Waals surface area contributed by atoms with Crippen molar-refractivity contribution in [2.75, 3.05) is 11.1 Å². The molecule has 0 aliphatic carbocycles. The lowest BCUT2D eigenvalue weighted by atomic mass is 10.2. The first-order chi connectivity index (χ1) is 9.27. The van der Waals surface area contributed by atoms with Gasteiger partial charge in [-0.15, -0.1) is 11.3 Å². The summed E-state index contributed by atoms with van der Waals surface area (Å²) >= 11 is 7.38. The molecule has 1 atom stereocenters. The van der Waals surface area contributed by atoms with Gasteiger partial charge in [0.1, 0.15) is 4.90 Å². The second-order valence-corrected chi connectivity index (χ2v) is 7.58. The van der Waals surface area contributed by atoms with Crippen LogP contribution in [0.15, 0.2) is 35.2 Å². The van der Waals surface area contributed by atoms with E-state index in [1.807, 2.05) is 19.1 Å². The summed E-state index contributed by atoms with van der Waals surface area (Å²) in [5.41, 5.74) is 6.54. The van der Waals surface area contributed by atoms with Crippen molar-refractivity contribution in [1.82, 2.24) is 0 Å². The number of benzene rings is 1. The molecule has 0 saturated carbocycles. The predicted molar refractivity (Wildman–Crippen MR) is 83.6 cm³/mol. The molecule has 0 radical (unpaired) electrons. The largest absolute Gasteiger partial charge is 0.398 e. The monoisotopic (exact) mass is 331 g/mol. The highest BCUT2D eigenvalue weighted by Gasteiger charge is 2.14. The number of thiophene rings is 1. The van der Waals surface area contributed by atoms with Gasteiger partial charge in [0.25, 0.3) is 0 Å². The maximum absolute atomic E-state index is 11.3. The highest BCUT2D eigenvalue weighted by atomic mass is 35.5. The summed E-state index contributed by atoms with van der Waals surface area (Å²) in [6.45, 7) is 1.98. The fourth-order valence-electron chi connectivity index (χ4n) is 1.78. The average molecular weight is 332 g/mol. The van der Waals surface area contributed by atoms with Crippen molar-refractivity contribution < 1.29 is 8.42 Å². The number of nitrogens with two attached hydrogens (primary N) is 2. The van der Waals surface area contributed by atoms with Crippen LogP contribution < -0.4 is 16.2 Å². The average Bonchev–Trinajstić information content (AvgIpc) is 2.74. The van der Waals surface area contributed by atoms with E-state index in [1.165, 1.54) is 17.4 Å². The molecule has 1 aromatic heterocycles. The van der Waals surface area contributed by atoms with Crippen LogP contribution in [0.4, 0.5) is 11.4 Å². The van der Waals surface area contributed by atoms with Crippen LogP contribution in [0.25, 0.3) is 0 Å². The Labute approximate surface area is 126 Å². The third-order valence-corrected chi connectivity index (χ3v) is 5.12. The number of sulfonamides is 1. The number of primary sulfonamides is 1. The smallest absolute Gasteiger partial charge is 0.240 e. The van der Waals surface area contributed by atoms with Gasteiger partial charge >= 0.3 is 0 Å². The van der Waals surface area contributed by atoms with Crippen molar-refractivity contribution >= 4 is 44.3 Å². The van der Waals surface area contributed by atoms with Crippen molar-refractivity contribution in [1.29, 1.82) is 0 Å². The predicted octanol–water partition coefficient (Wildman–Crippen LogP) is 2.80. The van der Waals surface area contributed by atoms with Gasteiger partial charge in [-0.25, -0.2) is 13.6 Å². The Morgan fingerprint density at radius 3 is 2.50 bits per heavy atom. The molecule has 20 heavy (non-hydrogen) atoms. The van der Waals surface area contributed by atoms with E-state index < -0.39 is 10.0 Å². The Hall–Kier alpha value is -1.28. The molecule has 0 saturated heterocycles. The van der Waals surface area contributed by atoms with E-state index in [0.717, 1.165) is 9.21 Å². The van der Waals surface area contributed by atoms with Crippen molar-refractivity contribution in [2.45, 2.75) is 17.9 Å². The summed E-state index contributed by atoms with van der Waals surface area (Å²) in [4.78, 5) is 0.999. The number of rotatable bonds is 4. The zero-order chi connectivity index (χ0) is 14.9. The fraction of sp³-hybridized carbons (Fsp3) is 0.167. The van der Waals surface area contributed by atoms with Gasteiger partial charge in [-0.2, -0.15) is 0 Å². The number of hydrogen-bond acceptors (Lipinski definition) is 5. The van der Waals surface area contributed by atoms with E-state index >= 15 is 0 Å². The Bertz CT molecular complexity index is 728. The quantitative estimate of drug-likeness (QED) is 0.750. The molecule has 0 bridgehead atoms. The lowest BCUT2D eigenvalue weighted by Gasteiger charge is -2.15. The highest BCUT2D eigenvalue weighted by molar-refractivity contribution is 7.89. The molecule has 8 heteroatoms. The number of halogens is 1. The molecule has 0 fully saturated rings. The van der Waals surface area contributed by atoms with Gasteiger partial charge in [0.05, 0.1) is 16.1 Å². The van der Waals surface area contributed by atoms with E-state index in [2.05, 4.69) is 5.32 Å². The molecule has 2 rings (SSSR count). The summed E-state index contributed by atoms with van der Waals surface area (Å²) in [6.07, 6.45) is 0. The van der Waals surface area contributed by atoms with Gasteiger partial charge in [0, 0.05) is 10.6 Å². The Kier molecular flexibility index (Phi) is 4.24. The minimum Gasteiger partial charge on any atom is -0.398 e. The normalized spacial score (nSPS) is 13.2. The minimum absolute atomic E-state index is 0.0345. The molecule has 0 spiro atoms. The molecular weight excluding hydrogens is 318 g/mol. The Balaban J connectivity index is 2.21. The molecule has 1 unspecified atom stereocenters. The highest BCUT2D eigenvalue weighted by Crippen LogP contribution is 2.30. The second-order valence-electron chi connectivity index (χ2n) is 4.31. The minimum atomic E-state index is -3.80. The van der Waals surface area contributed by atoms with Gasteiger partial charge in [0.15, 0.2) is 0 Å². The van der Waals surface area contributed by atoms with Gasteiger partial charge in [-0.1, -0.05) is 11.6 Å². The van der Waals surface area contributed by atoms with E-state index in [1.54, 1.807) is 12.1 Å². The second kappa shape index (κ2) is 5.61. The number of nitrogen functional groups attached to an aromatic ring is 1. The van der Waals surface area contributed by atoms with Crippen LogP contribution in [0.3, 0.4) is 0 Å². The van der Waals surface area contributed by atoms with Crippen molar-refractivity contribution in [2.24, 2.45) is 5.14 Å². The lowest BCUT2D eigenvalue weighted by Crippen LogP contribution is -2.14. The summed E-state index contributed by atoms with van der Waals surface area (Å²) in [5.74, 6) is 0. The van der Waals surface area contributed by atoms with Crippen LogP contribution >= 0.6 is 22.9 Å². The maximum atomic E-state index is 11.3. The van der Waals surface area contributed by atoms with Crippen LogP contribution in [-0.2, 0) is 10.0 Å². The first-order valence-corrected chi connectivity index (χ1v) is 8.45. The number of hydrogen-bond donors (Lipinski definition) is 3. The molecule has 2 aromatic rings. The van der Waals surface area contributed by atoms with Crippen molar-refractivity contribution in [3.8, 4) is 0 Å². The molecule has 1 heterocycles. The van der Waals surface area contributed by atoms with Crippen molar-refractivity contribution in [3.63, 3.8) is 0 Å². The summed E-state index contributed by atoms with van der Waals surface area (Å²) in [5, 5.41) is 8.29. The molecule has 0 aliphatic heterocycles. The summed E-state index contributed by atoms with van der Waals surface area (Å²) in [7, 11) is -3.80. The number of nitrogens with one attached hydrogen (secondary N) is 1. The van der Waals surface area contributed by atoms with Gasteiger partial charge in [-0.3, -0.25) is 0 Å². The van der Waals surface area contributed by atoms with E-state index in [-0.39, 0.29) is 16.6 Å². The van der Waals surface area contributed by atoms with Crippen molar-refractivity contribution in [3.05, 3.63) is 39.5 Å². The SMILES string of the molecule is CC(Nc1ccc(S(N)(=O)=O)c(N)c1)c1ccc(Cl)s1. The molecule has 5 nitrogen and oxygen atoms in total. The molecule has 0 amide bonds. The van der Waals surface area contributed by atoms with Gasteiger partial charge in [-0.05, 0) is 37.3 Å². The van der Waals surface area contributed by atoms with Gasteiger partial charge in [0.2, 0.25) is 10.0 Å². The van der Waals surface area contributed by atoms with E-state index in [0.29, 0.717) is 5.69 Å². The number of anilines is 2. The van der Waals surface area contributed by atoms with Crippen LogP contribution in [0.1, 0.15) is 17.8 Å². The standard InChI is InChI=1S/C12H14ClN3O2S2/c1-7(10-3-5-12(13)19-10)16-8-2-4-11(9(14)6-8)20(15,17)18/h2-7,16H,14H2,1H3,(H2,15,17,18). The zero-order valence-electron chi connectivity index (χ0n) is 10.6. The zero-order valence-corrected chi connectivity index (χ0v) is 13.0. The summed E-state index contributed by atoms with van der Waals surface area (Å²) in [6, 6.07) is 8.37. The topological polar surface area (TPSA) is 98.2 Å². The third kappa shape index (κ3) is 3.43. The van der Waals surface area contributed by atoms with E-state index in [4.69, 9.17) is 22.5 Å². The molecule has 5 N–H and O–H groups in total. The maximum Gasteiger partial charge on any atom is 0.240 e. The molecular formula is C12H14ClN3O2S2. The Morgan fingerprint density at radius 2 is 2.00 bits per heavy atom. The first kappa shape index (κ1) is 15.1. The van der Waals surface area contributed by atoms with Gasteiger partial charge < -0.3 is 11.1 Å². The third-order valence-electron chi connectivity index (χ3n) is 2.72. The first-order valence-electron chi connectivity index (χ1n) is 5.71. The Morgan fingerprint density at radius 1 is 1.30 bits per heavy atom. The lowest BCUT2D eigenvalue weighted by molar-refractivity contribution is 0.598. The molecule has 108 valence electrons. The molecule has 1 aromatic carbocycles. The summed E-state index contributed by atoms with van der Waals surface area (Å²) < 4.78 is 23.3. The van der Waals surface area contributed by atoms with Crippen LogP contribution in [0.2, 0.25) is 4.34 Å².